The van der Waals surface area contributed by atoms with Crippen LogP contribution in [0.2, 0.25) is 0 Å². The largest absolute Gasteiger partial charge is 0.449 e. The van der Waals surface area contributed by atoms with Crippen LogP contribution >= 0.6 is 0 Å². The van der Waals surface area contributed by atoms with Gasteiger partial charge >= 0.3 is 23.9 Å². The summed E-state index contributed by atoms with van der Waals surface area (Å²) in [5, 5.41) is 18.8. The normalized spacial score (nSPS) is 11.2. The van der Waals surface area contributed by atoms with Gasteiger partial charge in [0.1, 0.15) is 0 Å². The molecule has 9 heteroatoms. The number of aliphatic hydroxyl groups is 2. The lowest BCUT2D eigenvalue weighted by molar-refractivity contribution is -0.341. The van der Waals surface area contributed by atoms with E-state index in [9.17, 15) is 24.6 Å². The maximum absolute atomic E-state index is 11.6. The van der Waals surface area contributed by atoms with Gasteiger partial charge in [0, 0.05) is 23.6 Å². The minimum Gasteiger partial charge on any atom is -0.396 e. The van der Waals surface area contributed by atoms with E-state index in [0.717, 1.165) is 18.2 Å². The highest BCUT2D eigenvalue weighted by Gasteiger charge is 2.44. The summed E-state index contributed by atoms with van der Waals surface area (Å²) in [6.45, 7) is 9.60. The zero-order valence-corrected chi connectivity index (χ0v) is 14.6. The van der Waals surface area contributed by atoms with Gasteiger partial charge in [-0.15, -0.1) is 0 Å². The second-order valence-electron chi connectivity index (χ2n) is 5.22. The van der Waals surface area contributed by atoms with Gasteiger partial charge < -0.3 is 29.2 Å². The van der Waals surface area contributed by atoms with Gasteiger partial charge in [-0.05, 0) is 6.42 Å². The van der Waals surface area contributed by atoms with E-state index in [1.165, 1.54) is 0 Å². The minimum atomic E-state index is -2.56. The number of esters is 3. The molecule has 0 rings (SSSR count). The number of aliphatic hydroxyl groups excluding tert-OH is 2. The van der Waals surface area contributed by atoms with Crippen LogP contribution < -0.4 is 0 Å². The van der Waals surface area contributed by atoms with Crippen LogP contribution in [-0.2, 0) is 33.3 Å². The number of hydrogen-bond acceptors (Lipinski definition) is 9. The third-order valence-corrected chi connectivity index (χ3v) is 3.38. The van der Waals surface area contributed by atoms with E-state index in [-0.39, 0.29) is 6.61 Å². The average Bonchev–Trinajstić information content (AvgIpc) is 2.65. The molecule has 0 unspecified atom stereocenters. The van der Waals surface area contributed by atoms with E-state index in [4.69, 9.17) is 18.9 Å². The first kappa shape index (κ1) is 23.5. The molecule has 0 aromatic heterocycles. The van der Waals surface area contributed by atoms with Gasteiger partial charge in [0.15, 0.2) is 6.61 Å². The molecule has 0 amide bonds. The predicted octanol–water partition coefficient (Wildman–Crippen LogP) is 0.225. The third kappa shape index (κ3) is 7.18. The first-order chi connectivity index (χ1) is 12.3. The van der Waals surface area contributed by atoms with Gasteiger partial charge in [-0.25, -0.2) is 14.4 Å². The lowest BCUT2D eigenvalue weighted by atomic mass is 9.88. The Morgan fingerprint density at radius 2 is 1.23 bits per heavy atom. The lowest BCUT2D eigenvalue weighted by Crippen LogP contribution is -2.48. The molecule has 0 atom stereocenters. The SMILES string of the molecule is C=CC(=O)OC(COCC(CC)(CO)CO)(OC(=O)C=C)OC(=O)C=C. The van der Waals surface area contributed by atoms with Crippen LogP contribution in [0.1, 0.15) is 13.3 Å². The topological polar surface area (TPSA) is 129 Å². The summed E-state index contributed by atoms with van der Waals surface area (Å²) in [5.74, 6) is -5.75. The molecule has 0 heterocycles. The molecule has 0 saturated carbocycles. The van der Waals surface area contributed by atoms with Crippen molar-refractivity contribution in [2.45, 2.75) is 19.3 Å². The van der Waals surface area contributed by atoms with Crippen LogP contribution in [0, 0.1) is 5.41 Å². The van der Waals surface area contributed by atoms with E-state index in [2.05, 4.69) is 19.7 Å². The molecule has 26 heavy (non-hydrogen) atoms. The van der Waals surface area contributed by atoms with E-state index in [1.54, 1.807) is 6.92 Å². The Labute approximate surface area is 151 Å². The van der Waals surface area contributed by atoms with Crippen molar-refractivity contribution in [1.29, 1.82) is 0 Å². The molecule has 0 aromatic carbocycles. The molecule has 2 N–H and O–H groups in total. The molecule has 0 aromatic rings. The summed E-state index contributed by atoms with van der Waals surface area (Å²) in [4.78, 5) is 34.8. The van der Waals surface area contributed by atoms with E-state index < -0.39 is 49.1 Å². The Morgan fingerprint density at radius 3 is 1.50 bits per heavy atom. The number of carbonyl (C=O) groups is 3. The van der Waals surface area contributed by atoms with Crippen LogP contribution in [0.25, 0.3) is 0 Å². The monoisotopic (exact) mass is 372 g/mol. The fourth-order valence-corrected chi connectivity index (χ4v) is 1.60. The molecule has 0 bridgehead atoms. The van der Waals surface area contributed by atoms with Gasteiger partial charge in [-0.2, -0.15) is 0 Å². The number of hydrogen-bond donors (Lipinski definition) is 2. The van der Waals surface area contributed by atoms with E-state index in [1.807, 2.05) is 0 Å². The molecule has 0 fully saturated rings. The molecule has 146 valence electrons. The van der Waals surface area contributed by atoms with Gasteiger partial charge in [-0.1, -0.05) is 26.7 Å². The minimum absolute atomic E-state index is 0.207. The first-order valence-electron chi connectivity index (χ1n) is 7.61. The Hall–Kier alpha value is -2.49. The summed E-state index contributed by atoms with van der Waals surface area (Å²) in [7, 11) is 0. The summed E-state index contributed by atoms with van der Waals surface area (Å²) in [6, 6.07) is 0. The quantitative estimate of drug-likeness (QED) is 0.265. The van der Waals surface area contributed by atoms with Crippen molar-refractivity contribution in [3.05, 3.63) is 38.0 Å². The van der Waals surface area contributed by atoms with Crippen molar-refractivity contribution >= 4 is 17.9 Å². The summed E-state index contributed by atoms with van der Waals surface area (Å²) in [6.07, 6.45) is 2.64. The zero-order chi connectivity index (χ0) is 20.2. The average molecular weight is 372 g/mol. The lowest BCUT2D eigenvalue weighted by Gasteiger charge is -2.32. The van der Waals surface area contributed by atoms with Gasteiger partial charge in [0.2, 0.25) is 0 Å². The number of ether oxygens (including phenoxy) is 4. The van der Waals surface area contributed by atoms with Crippen molar-refractivity contribution < 1.29 is 43.5 Å². The fourth-order valence-electron chi connectivity index (χ4n) is 1.60. The van der Waals surface area contributed by atoms with Crippen molar-refractivity contribution in [2.24, 2.45) is 5.41 Å². The molecular formula is C17H24O9. The predicted molar refractivity (Wildman–Crippen MR) is 89.3 cm³/mol. The van der Waals surface area contributed by atoms with Crippen molar-refractivity contribution in [2.75, 3.05) is 26.4 Å². The van der Waals surface area contributed by atoms with Gasteiger partial charge in [0.05, 0.1) is 19.8 Å². The molecule has 0 radical (unpaired) electrons. The highest BCUT2D eigenvalue weighted by Crippen LogP contribution is 2.24. The third-order valence-electron chi connectivity index (χ3n) is 3.38. The molecule has 9 nitrogen and oxygen atoms in total. The van der Waals surface area contributed by atoms with Gasteiger partial charge in [0.25, 0.3) is 0 Å². The molecule has 0 aliphatic carbocycles. The second kappa shape index (κ2) is 11.2. The van der Waals surface area contributed by atoms with Crippen LogP contribution in [0.15, 0.2) is 38.0 Å². The van der Waals surface area contributed by atoms with Crippen LogP contribution in [0.5, 0.6) is 0 Å². The summed E-state index contributed by atoms with van der Waals surface area (Å²) >= 11 is 0. The van der Waals surface area contributed by atoms with E-state index in [0.29, 0.717) is 6.42 Å². The smallest absolute Gasteiger partial charge is 0.396 e. The summed E-state index contributed by atoms with van der Waals surface area (Å²) < 4.78 is 19.9. The van der Waals surface area contributed by atoms with Crippen molar-refractivity contribution in [1.82, 2.24) is 0 Å². The van der Waals surface area contributed by atoms with Crippen LogP contribution in [-0.4, -0.2) is 60.5 Å². The van der Waals surface area contributed by atoms with Gasteiger partial charge in [-0.3, -0.25) is 0 Å². The molecule has 0 aliphatic rings. The first-order valence-corrected chi connectivity index (χ1v) is 7.61. The highest BCUT2D eigenvalue weighted by atomic mass is 16.9. The zero-order valence-electron chi connectivity index (χ0n) is 14.6. The molecule has 0 aliphatic heterocycles. The van der Waals surface area contributed by atoms with E-state index >= 15 is 0 Å². The Balaban J connectivity index is 5.53. The fraction of sp³-hybridized carbons (Fsp3) is 0.471. The van der Waals surface area contributed by atoms with Crippen molar-refractivity contribution in [3.63, 3.8) is 0 Å². The Bertz CT molecular complexity index is 471. The standard InChI is InChI=1S/C17H24O9/c1-5-13(20)24-17(25-14(21)6-2,26-15(22)7-3)12-23-11-16(8-4,9-18)10-19/h5-7,18-19H,1-3,8-12H2,4H3. The molecular weight excluding hydrogens is 348 g/mol. The van der Waals surface area contributed by atoms with Crippen LogP contribution in [0.3, 0.4) is 0 Å². The van der Waals surface area contributed by atoms with Crippen LogP contribution in [0.4, 0.5) is 0 Å². The maximum Gasteiger partial charge on any atom is 0.449 e. The van der Waals surface area contributed by atoms with Crippen molar-refractivity contribution in [3.8, 4) is 0 Å². The Morgan fingerprint density at radius 1 is 0.846 bits per heavy atom. The highest BCUT2D eigenvalue weighted by molar-refractivity contribution is 5.85. The molecule has 0 spiro atoms. The number of carbonyl (C=O) groups excluding carboxylic acids is 3. The maximum atomic E-state index is 11.6. The number of rotatable bonds is 13. The second-order valence-corrected chi connectivity index (χ2v) is 5.22. The Kier molecular flexibility index (Phi) is 10.1. The summed E-state index contributed by atoms with van der Waals surface area (Å²) in [5.41, 5.74) is -0.987. The molecule has 0 saturated heterocycles.